The Kier molecular flexibility index (Phi) is 3.25. The van der Waals surface area contributed by atoms with Crippen molar-refractivity contribution in [2.75, 3.05) is 0 Å². The van der Waals surface area contributed by atoms with Crippen LogP contribution in [0.1, 0.15) is 70.8 Å². The standard InChI is InChI=1S/C24H20N2S2/c1-11-17-20(24(5,6)15-7-13(9-25)27-21(15)17)12(2)18-19(11)23(3,4)16-8-14(10-26)28-22(16)18/h7-8H,1-6H3. The third-order valence-electron chi connectivity index (χ3n) is 6.74. The van der Waals surface area contributed by atoms with Crippen LogP contribution in [0.15, 0.2) is 12.1 Å². The van der Waals surface area contributed by atoms with Gasteiger partial charge in [-0.1, -0.05) is 27.7 Å². The summed E-state index contributed by atoms with van der Waals surface area (Å²) in [5, 5.41) is 18.9. The lowest BCUT2D eigenvalue weighted by Crippen LogP contribution is -2.20. The van der Waals surface area contributed by atoms with Gasteiger partial charge in [0.2, 0.25) is 0 Å². The van der Waals surface area contributed by atoms with Gasteiger partial charge in [-0.15, -0.1) is 22.7 Å². The fourth-order valence-corrected chi connectivity index (χ4v) is 8.04. The van der Waals surface area contributed by atoms with E-state index in [4.69, 9.17) is 0 Å². The van der Waals surface area contributed by atoms with E-state index in [0.29, 0.717) is 0 Å². The molecule has 2 heterocycles. The van der Waals surface area contributed by atoms with E-state index in [0.717, 1.165) is 9.75 Å². The number of benzene rings is 1. The highest BCUT2D eigenvalue weighted by Gasteiger charge is 2.46. The van der Waals surface area contributed by atoms with Gasteiger partial charge in [-0.3, -0.25) is 0 Å². The first kappa shape index (κ1) is 17.7. The topological polar surface area (TPSA) is 47.6 Å². The van der Waals surface area contributed by atoms with Crippen molar-refractivity contribution >= 4 is 22.7 Å². The summed E-state index contributed by atoms with van der Waals surface area (Å²) < 4.78 is 0. The SMILES string of the molecule is Cc1c2c(c(C)c3c1C(C)(C)c1cc(C#N)sc1-3)C(C)(C)c1cc(C#N)sc1-2. The van der Waals surface area contributed by atoms with E-state index in [1.807, 2.05) is 0 Å². The third kappa shape index (κ3) is 1.81. The minimum atomic E-state index is -0.123. The first-order valence-corrected chi connectivity index (χ1v) is 11.1. The van der Waals surface area contributed by atoms with Gasteiger partial charge >= 0.3 is 0 Å². The van der Waals surface area contributed by atoms with Crippen LogP contribution in [0.5, 0.6) is 0 Å². The van der Waals surface area contributed by atoms with Crippen LogP contribution < -0.4 is 0 Å². The van der Waals surface area contributed by atoms with Crippen molar-refractivity contribution in [2.24, 2.45) is 0 Å². The molecule has 138 valence electrons. The molecule has 0 N–H and O–H groups in total. The molecule has 2 aliphatic carbocycles. The molecule has 28 heavy (non-hydrogen) atoms. The highest BCUT2D eigenvalue weighted by atomic mass is 32.1. The summed E-state index contributed by atoms with van der Waals surface area (Å²) in [6.07, 6.45) is 0. The number of nitriles is 2. The number of nitrogens with zero attached hydrogens (tertiary/aromatic N) is 2. The van der Waals surface area contributed by atoms with Crippen molar-refractivity contribution in [3.05, 3.63) is 55.3 Å². The Balaban J connectivity index is 1.94. The Morgan fingerprint density at radius 1 is 0.714 bits per heavy atom. The van der Waals surface area contributed by atoms with E-state index in [1.54, 1.807) is 22.7 Å². The lowest BCUT2D eigenvalue weighted by atomic mass is 9.74. The molecular weight excluding hydrogens is 380 g/mol. The number of fused-ring (bicyclic) bond motifs is 6. The van der Waals surface area contributed by atoms with Crippen LogP contribution in [-0.2, 0) is 10.8 Å². The molecule has 0 fully saturated rings. The monoisotopic (exact) mass is 400 g/mol. The highest BCUT2D eigenvalue weighted by Crippen LogP contribution is 2.62. The van der Waals surface area contributed by atoms with E-state index < -0.39 is 0 Å². The normalized spacial score (nSPS) is 16.7. The summed E-state index contributed by atoms with van der Waals surface area (Å²) in [6.45, 7) is 13.6. The van der Waals surface area contributed by atoms with E-state index in [9.17, 15) is 10.5 Å². The maximum absolute atomic E-state index is 9.45. The second-order valence-electron chi connectivity index (χ2n) is 8.93. The van der Waals surface area contributed by atoms with Crippen molar-refractivity contribution in [3.63, 3.8) is 0 Å². The fraction of sp³-hybridized carbons (Fsp3) is 0.333. The lowest BCUT2D eigenvalue weighted by Gasteiger charge is -2.29. The Bertz CT molecular complexity index is 1200. The second-order valence-corrected chi connectivity index (χ2v) is 11.0. The quantitative estimate of drug-likeness (QED) is 0.417. The minimum Gasteiger partial charge on any atom is -0.192 e. The molecule has 0 saturated carbocycles. The summed E-state index contributed by atoms with van der Waals surface area (Å²) in [7, 11) is 0. The van der Waals surface area contributed by atoms with Gasteiger partial charge in [0.25, 0.3) is 0 Å². The van der Waals surface area contributed by atoms with Crippen molar-refractivity contribution in [1.82, 2.24) is 0 Å². The van der Waals surface area contributed by atoms with E-state index in [-0.39, 0.29) is 10.8 Å². The Morgan fingerprint density at radius 3 is 1.39 bits per heavy atom. The van der Waals surface area contributed by atoms with Gasteiger partial charge in [0.15, 0.2) is 0 Å². The third-order valence-corrected chi connectivity index (χ3v) is 8.85. The van der Waals surface area contributed by atoms with Crippen molar-refractivity contribution in [2.45, 2.75) is 52.4 Å². The molecule has 0 unspecified atom stereocenters. The fourth-order valence-electron chi connectivity index (χ4n) is 5.59. The lowest BCUT2D eigenvalue weighted by molar-refractivity contribution is 0.646. The Morgan fingerprint density at radius 2 is 1.07 bits per heavy atom. The van der Waals surface area contributed by atoms with Gasteiger partial charge in [-0.2, -0.15) is 10.5 Å². The van der Waals surface area contributed by atoms with Crippen LogP contribution in [0.4, 0.5) is 0 Å². The first-order valence-electron chi connectivity index (χ1n) is 9.42. The number of rotatable bonds is 0. The Labute approximate surface area is 173 Å². The Hall–Kier alpha value is -2.40. The largest absolute Gasteiger partial charge is 0.192 e. The molecule has 4 heteroatoms. The molecule has 0 radical (unpaired) electrons. The zero-order valence-electron chi connectivity index (χ0n) is 16.9. The van der Waals surface area contributed by atoms with Crippen LogP contribution >= 0.6 is 22.7 Å². The molecule has 2 aromatic heterocycles. The zero-order valence-corrected chi connectivity index (χ0v) is 18.5. The van der Waals surface area contributed by atoms with Crippen LogP contribution in [0, 0.1) is 36.5 Å². The van der Waals surface area contributed by atoms with Gasteiger partial charge in [-0.25, -0.2) is 0 Å². The molecule has 2 aliphatic rings. The maximum atomic E-state index is 9.45. The smallest absolute Gasteiger partial charge is 0.110 e. The molecule has 5 rings (SSSR count). The summed E-state index contributed by atoms with van der Waals surface area (Å²) in [5.74, 6) is 0. The molecule has 0 bridgehead atoms. The van der Waals surface area contributed by atoms with Crippen LogP contribution in [0.25, 0.3) is 20.9 Å². The summed E-state index contributed by atoms with van der Waals surface area (Å²) >= 11 is 3.25. The molecule has 0 spiro atoms. The van der Waals surface area contributed by atoms with Crippen LogP contribution in [-0.4, -0.2) is 0 Å². The molecule has 0 amide bonds. The molecule has 0 atom stereocenters. The molecule has 1 aromatic carbocycles. The van der Waals surface area contributed by atoms with E-state index >= 15 is 0 Å². The minimum absolute atomic E-state index is 0.123. The highest BCUT2D eigenvalue weighted by molar-refractivity contribution is 7.16. The summed E-state index contributed by atoms with van der Waals surface area (Å²) in [6, 6.07) is 8.85. The van der Waals surface area contributed by atoms with Gasteiger partial charge < -0.3 is 0 Å². The van der Waals surface area contributed by atoms with Crippen LogP contribution in [0.3, 0.4) is 0 Å². The predicted octanol–water partition coefficient (Wildman–Crippen LogP) is 6.78. The van der Waals surface area contributed by atoms with E-state index in [1.165, 1.54) is 54.3 Å². The average molecular weight is 401 g/mol. The summed E-state index contributed by atoms with van der Waals surface area (Å²) in [4.78, 5) is 4.11. The molecular formula is C24H20N2S2. The molecule has 3 aromatic rings. The molecule has 0 aliphatic heterocycles. The summed E-state index contributed by atoms with van der Waals surface area (Å²) in [5.41, 5.74) is 10.4. The zero-order chi connectivity index (χ0) is 20.2. The average Bonchev–Trinajstić information content (AvgIpc) is 3.33. The van der Waals surface area contributed by atoms with Crippen molar-refractivity contribution < 1.29 is 0 Å². The van der Waals surface area contributed by atoms with Gasteiger partial charge in [0, 0.05) is 20.6 Å². The van der Waals surface area contributed by atoms with Gasteiger partial charge in [0.05, 0.1) is 0 Å². The molecule has 0 saturated heterocycles. The molecule has 2 nitrogen and oxygen atoms in total. The van der Waals surface area contributed by atoms with Crippen molar-refractivity contribution in [1.29, 1.82) is 10.5 Å². The van der Waals surface area contributed by atoms with E-state index in [2.05, 4.69) is 65.8 Å². The second kappa shape index (κ2) is 5.15. The number of hydrogen-bond acceptors (Lipinski definition) is 4. The first-order chi connectivity index (χ1) is 13.1. The maximum Gasteiger partial charge on any atom is 0.110 e. The number of thiophene rings is 2. The van der Waals surface area contributed by atoms with Crippen LogP contribution in [0.2, 0.25) is 0 Å². The van der Waals surface area contributed by atoms with Gasteiger partial charge in [0.1, 0.15) is 21.9 Å². The number of hydrogen-bond donors (Lipinski definition) is 0. The predicted molar refractivity (Wildman–Crippen MR) is 116 cm³/mol. The van der Waals surface area contributed by atoms with Gasteiger partial charge in [-0.05, 0) is 70.5 Å². The van der Waals surface area contributed by atoms with Crippen molar-refractivity contribution in [3.8, 4) is 33.0 Å².